The number of rotatable bonds is 8. The molecule has 0 aliphatic heterocycles. The van der Waals surface area contributed by atoms with Crippen LogP contribution in [0.5, 0.6) is 0 Å². The highest BCUT2D eigenvalue weighted by Crippen LogP contribution is 2.27. The monoisotopic (exact) mass is 300 g/mol. The molecular weight excluding hydrogens is 280 g/mol. The van der Waals surface area contributed by atoms with Gasteiger partial charge in [-0.2, -0.15) is 0 Å². The number of halogens is 1. The fourth-order valence-corrected chi connectivity index (χ4v) is 2.41. The van der Waals surface area contributed by atoms with Crippen molar-refractivity contribution in [1.82, 2.24) is 4.98 Å². The fraction of sp³-hybridized carbons (Fsp3) is 0.571. The summed E-state index contributed by atoms with van der Waals surface area (Å²) in [7, 11) is 1.65. The average molecular weight is 301 g/mol. The van der Waals surface area contributed by atoms with Crippen molar-refractivity contribution in [2.75, 3.05) is 25.2 Å². The van der Waals surface area contributed by atoms with E-state index < -0.39 is 5.97 Å². The van der Waals surface area contributed by atoms with E-state index in [1.807, 2.05) is 0 Å². The van der Waals surface area contributed by atoms with Crippen molar-refractivity contribution in [3.05, 3.63) is 22.8 Å². The zero-order chi connectivity index (χ0) is 15.1. The van der Waals surface area contributed by atoms with E-state index in [0.717, 1.165) is 12.8 Å². The summed E-state index contributed by atoms with van der Waals surface area (Å²) in [5.74, 6) is -0.417. The van der Waals surface area contributed by atoms with Gasteiger partial charge in [0.05, 0.1) is 17.2 Å². The maximum atomic E-state index is 10.9. The first-order chi connectivity index (χ1) is 9.54. The van der Waals surface area contributed by atoms with Crippen molar-refractivity contribution in [2.45, 2.75) is 32.7 Å². The van der Waals surface area contributed by atoms with Gasteiger partial charge in [-0.15, -0.1) is 0 Å². The van der Waals surface area contributed by atoms with Crippen LogP contribution in [0, 0.1) is 0 Å². The van der Waals surface area contributed by atoms with Gasteiger partial charge in [-0.3, -0.25) is 0 Å². The van der Waals surface area contributed by atoms with Crippen LogP contribution in [-0.4, -0.2) is 42.4 Å². The molecule has 6 heteroatoms. The van der Waals surface area contributed by atoms with E-state index in [0.29, 0.717) is 30.0 Å². The van der Waals surface area contributed by atoms with Gasteiger partial charge in [0.15, 0.2) is 0 Å². The minimum absolute atomic E-state index is 0.0926. The topological polar surface area (TPSA) is 62.7 Å². The molecule has 0 aliphatic rings. The molecule has 20 heavy (non-hydrogen) atoms. The predicted octanol–water partition coefficient (Wildman–Crippen LogP) is 3.07. The molecule has 0 aromatic carbocycles. The number of nitrogens with zero attached hydrogens (tertiary/aromatic N) is 2. The quantitative estimate of drug-likeness (QED) is 0.799. The number of pyridine rings is 1. The molecule has 0 aliphatic carbocycles. The number of hydrogen-bond donors (Lipinski definition) is 1. The van der Waals surface area contributed by atoms with Gasteiger partial charge in [0.1, 0.15) is 5.82 Å². The lowest BCUT2D eigenvalue weighted by molar-refractivity contribution is 0.0696. The largest absolute Gasteiger partial charge is 0.478 e. The van der Waals surface area contributed by atoms with Crippen LogP contribution in [0.4, 0.5) is 5.82 Å². The van der Waals surface area contributed by atoms with Crippen molar-refractivity contribution in [3.8, 4) is 0 Å². The maximum absolute atomic E-state index is 10.9. The molecule has 0 amide bonds. The van der Waals surface area contributed by atoms with Crippen LogP contribution < -0.4 is 4.90 Å². The Labute approximate surface area is 124 Å². The van der Waals surface area contributed by atoms with Gasteiger partial charge in [0.25, 0.3) is 0 Å². The Morgan fingerprint density at radius 2 is 2.15 bits per heavy atom. The third-order valence-electron chi connectivity index (χ3n) is 3.26. The molecule has 0 radical (unpaired) electrons. The number of aromatic nitrogens is 1. The summed E-state index contributed by atoms with van der Waals surface area (Å²) in [6.07, 6.45) is 3.25. The van der Waals surface area contributed by atoms with Gasteiger partial charge in [-0.1, -0.05) is 25.4 Å². The Bertz CT molecular complexity index is 450. The number of carbonyl (C=O) groups is 1. The Morgan fingerprint density at radius 3 is 2.60 bits per heavy atom. The normalized spacial score (nSPS) is 10.8. The van der Waals surface area contributed by atoms with E-state index in [2.05, 4.69) is 23.7 Å². The third-order valence-corrected chi connectivity index (χ3v) is 3.54. The molecule has 1 rings (SSSR count). The second kappa shape index (κ2) is 8.07. The van der Waals surface area contributed by atoms with Gasteiger partial charge < -0.3 is 14.7 Å². The number of anilines is 1. The molecule has 1 N–H and O–H groups in total. The molecule has 0 spiro atoms. The number of carboxylic acid groups (broad SMARTS) is 1. The Morgan fingerprint density at radius 1 is 1.50 bits per heavy atom. The van der Waals surface area contributed by atoms with E-state index in [1.165, 1.54) is 12.3 Å². The van der Waals surface area contributed by atoms with E-state index in [1.54, 1.807) is 7.11 Å². The maximum Gasteiger partial charge on any atom is 0.337 e. The van der Waals surface area contributed by atoms with E-state index >= 15 is 0 Å². The first kappa shape index (κ1) is 16.7. The lowest BCUT2D eigenvalue weighted by atomic mass is 10.1. The highest BCUT2D eigenvalue weighted by molar-refractivity contribution is 6.33. The van der Waals surface area contributed by atoms with Crippen LogP contribution in [-0.2, 0) is 4.74 Å². The summed E-state index contributed by atoms with van der Waals surface area (Å²) >= 11 is 6.20. The van der Waals surface area contributed by atoms with E-state index in [9.17, 15) is 4.79 Å². The van der Waals surface area contributed by atoms with Gasteiger partial charge in [0.2, 0.25) is 0 Å². The number of carboxylic acids is 1. The smallest absolute Gasteiger partial charge is 0.337 e. The second-order valence-corrected chi connectivity index (χ2v) is 4.90. The van der Waals surface area contributed by atoms with Crippen LogP contribution in [0.15, 0.2) is 12.3 Å². The second-order valence-electron chi connectivity index (χ2n) is 4.49. The first-order valence-electron chi connectivity index (χ1n) is 6.69. The van der Waals surface area contributed by atoms with Gasteiger partial charge in [0, 0.05) is 25.9 Å². The van der Waals surface area contributed by atoms with Crippen molar-refractivity contribution < 1.29 is 14.6 Å². The summed E-state index contributed by atoms with van der Waals surface area (Å²) < 4.78 is 5.13. The number of hydrogen-bond acceptors (Lipinski definition) is 4. The van der Waals surface area contributed by atoms with Crippen molar-refractivity contribution in [2.24, 2.45) is 0 Å². The van der Waals surface area contributed by atoms with Crippen LogP contribution in [0.3, 0.4) is 0 Å². The van der Waals surface area contributed by atoms with Crippen LogP contribution in [0.2, 0.25) is 5.02 Å². The lowest BCUT2D eigenvalue weighted by Crippen LogP contribution is -2.38. The predicted molar refractivity (Wildman–Crippen MR) is 79.8 cm³/mol. The molecular formula is C14H21ClN2O3. The summed E-state index contributed by atoms with van der Waals surface area (Å²) in [5, 5.41) is 9.30. The first-order valence-corrected chi connectivity index (χ1v) is 7.07. The van der Waals surface area contributed by atoms with Crippen molar-refractivity contribution >= 4 is 23.4 Å². The number of aromatic carboxylic acids is 1. The number of ether oxygens (including phenoxy) is 1. The standard InChI is InChI=1S/C14H21ClN2O3/c1-4-11(5-2)17(6-7-20-3)13-12(15)8-10(9-16-13)14(18)19/h8-9,11H,4-7H2,1-3H3,(H,18,19). The van der Waals surface area contributed by atoms with E-state index in [4.69, 9.17) is 21.4 Å². The molecule has 0 bridgehead atoms. The zero-order valence-corrected chi connectivity index (χ0v) is 12.9. The molecule has 0 fully saturated rings. The minimum Gasteiger partial charge on any atom is -0.478 e. The summed E-state index contributed by atoms with van der Waals surface area (Å²) in [4.78, 5) is 17.2. The van der Waals surface area contributed by atoms with Crippen molar-refractivity contribution in [1.29, 1.82) is 0 Å². The lowest BCUT2D eigenvalue weighted by Gasteiger charge is -2.32. The van der Waals surface area contributed by atoms with Crippen LogP contribution in [0.1, 0.15) is 37.0 Å². The molecule has 0 unspecified atom stereocenters. The minimum atomic E-state index is -1.03. The molecule has 112 valence electrons. The molecule has 1 heterocycles. The molecule has 1 aromatic rings. The Balaban J connectivity index is 3.09. The van der Waals surface area contributed by atoms with Gasteiger partial charge in [-0.05, 0) is 18.9 Å². The molecule has 0 atom stereocenters. The number of methoxy groups -OCH3 is 1. The summed E-state index contributed by atoms with van der Waals surface area (Å²) in [6, 6.07) is 1.74. The van der Waals surface area contributed by atoms with Gasteiger partial charge in [-0.25, -0.2) is 9.78 Å². The van der Waals surface area contributed by atoms with E-state index in [-0.39, 0.29) is 5.56 Å². The van der Waals surface area contributed by atoms with Crippen LogP contribution in [0.25, 0.3) is 0 Å². The third kappa shape index (κ3) is 4.08. The average Bonchev–Trinajstić information content (AvgIpc) is 2.43. The SMILES string of the molecule is CCC(CC)N(CCOC)c1ncc(C(=O)O)cc1Cl. The molecule has 5 nitrogen and oxygen atoms in total. The summed E-state index contributed by atoms with van der Waals surface area (Å²) in [5.41, 5.74) is 0.0926. The Kier molecular flexibility index (Phi) is 6.75. The molecule has 0 saturated carbocycles. The highest BCUT2D eigenvalue weighted by Gasteiger charge is 2.20. The van der Waals surface area contributed by atoms with Crippen molar-refractivity contribution in [3.63, 3.8) is 0 Å². The van der Waals surface area contributed by atoms with Gasteiger partial charge >= 0.3 is 5.97 Å². The zero-order valence-electron chi connectivity index (χ0n) is 12.1. The molecule has 1 aromatic heterocycles. The fourth-order valence-electron chi connectivity index (χ4n) is 2.14. The molecule has 0 saturated heterocycles. The summed E-state index contributed by atoms with van der Waals surface area (Å²) in [6.45, 7) is 5.44. The highest BCUT2D eigenvalue weighted by atomic mass is 35.5. The Hall–Kier alpha value is -1.33. The van der Waals surface area contributed by atoms with Crippen LogP contribution >= 0.6 is 11.6 Å².